The molecule has 0 bridgehead atoms. The van der Waals surface area contributed by atoms with Gasteiger partial charge in [0, 0.05) is 20.3 Å². The summed E-state index contributed by atoms with van der Waals surface area (Å²) in [4.78, 5) is 12.0. The van der Waals surface area contributed by atoms with Crippen molar-refractivity contribution in [3.8, 4) is 0 Å². The number of thiophene rings is 1. The summed E-state index contributed by atoms with van der Waals surface area (Å²) in [7, 11) is 0. The molecule has 0 unspecified atom stereocenters. The van der Waals surface area contributed by atoms with Crippen molar-refractivity contribution in [1.82, 2.24) is 0 Å². The van der Waals surface area contributed by atoms with E-state index in [0.29, 0.717) is 0 Å². The molecule has 1 heterocycles. The Morgan fingerprint density at radius 2 is 2.36 bits per heavy atom. The van der Waals surface area contributed by atoms with Gasteiger partial charge >= 0.3 is 0 Å². The van der Waals surface area contributed by atoms with E-state index in [-0.39, 0.29) is 0 Å². The Morgan fingerprint density at radius 3 is 3.00 bits per heavy atom. The Balaban J connectivity index is 2.86. The number of aldehydes is 1. The number of thioether (sulfide) groups is 1. The summed E-state index contributed by atoms with van der Waals surface area (Å²) in [6.07, 6.45) is 2.91. The Labute approximate surface area is 98.6 Å². The summed E-state index contributed by atoms with van der Waals surface area (Å²) < 4.78 is 2.06. The second-order valence-corrected chi connectivity index (χ2v) is 5.32. The quantitative estimate of drug-likeness (QED) is 0.608. The van der Waals surface area contributed by atoms with E-state index in [4.69, 9.17) is 0 Å². The summed E-state index contributed by atoms with van der Waals surface area (Å²) in [5, 5.41) is 3.27. The Morgan fingerprint density at radius 1 is 1.57 bits per heavy atom. The third-order valence-electron chi connectivity index (χ3n) is 2.02. The van der Waals surface area contributed by atoms with Crippen molar-refractivity contribution in [3.05, 3.63) is 27.5 Å². The first-order chi connectivity index (χ1) is 6.77. The summed E-state index contributed by atoms with van der Waals surface area (Å²) in [5.74, 6) is 0. The Kier molecular flexibility index (Phi) is 2.95. The van der Waals surface area contributed by atoms with Gasteiger partial charge in [0.2, 0.25) is 0 Å². The van der Waals surface area contributed by atoms with Gasteiger partial charge < -0.3 is 0 Å². The first kappa shape index (κ1) is 10.2. The van der Waals surface area contributed by atoms with Gasteiger partial charge in [-0.1, -0.05) is 0 Å². The van der Waals surface area contributed by atoms with Crippen molar-refractivity contribution in [2.75, 3.05) is 6.26 Å². The molecule has 0 aliphatic heterocycles. The number of hydrogen-bond acceptors (Lipinski definition) is 3. The van der Waals surface area contributed by atoms with Crippen molar-refractivity contribution in [2.24, 2.45) is 0 Å². The molecular formula is C10H7BrOS2. The van der Waals surface area contributed by atoms with Crippen LogP contribution in [0.3, 0.4) is 0 Å². The van der Waals surface area contributed by atoms with Gasteiger partial charge in [0.15, 0.2) is 6.29 Å². The van der Waals surface area contributed by atoms with Crippen LogP contribution < -0.4 is 0 Å². The SMILES string of the molecule is CSc1cc(C=O)c(Br)c2sccc12. The zero-order chi connectivity index (χ0) is 10.1. The van der Waals surface area contributed by atoms with Gasteiger partial charge in [0.05, 0.1) is 4.70 Å². The van der Waals surface area contributed by atoms with E-state index >= 15 is 0 Å². The van der Waals surface area contributed by atoms with Crippen LogP contribution in [0.4, 0.5) is 0 Å². The van der Waals surface area contributed by atoms with Crippen LogP contribution in [0.5, 0.6) is 0 Å². The van der Waals surface area contributed by atoms with Gasteiger partial charge in [0.25, 0.3) is 0 Å². The van der Waals surface area contributed by atoms with Gasteiger partial charge in [-0.15, -0.1) is 23.1 Å². The lowest BCUT2D eigenvalue weighted by Gasteiger charge is -2.03. The van der Waals surface area contributed by atoms with Crippen molar-refractivity contribution in [3.63, 3.8) is 0 Å². The molecule has 0 saturated carbocycles. The van der Waals surface area contributed by atoms with Gasteiger partial charge in [0.1, 0.15) is 0 Å². The standard InChI is InChI=1S/C10H7BrOS2/c1-13-8-4-6(5-12)9(11)10-7(8)2-3-14-10/h2-5H,1H3. The van der Waals surface area contributed by atoms with E-state index in [1.807, 2.05) is 17.7 Å². The third-order valence-corrected chi connectivity index (χ3v) is 4.84. The second-order valence-electron chi connectivity index (χ2n) is 2.76. The molecule has 0 fully saturated rings. The molecule has 14 heavy (non-hydrogen) atoms. The molecule has 0 spiro atoms. The Bertz CT molecular complexity index is 490. The van der Waals surface area contributed by atoms with Gasteiger partial charge in [-0.3, -0.25) is 4.79 Å². The molecule has 0 atom stereocenters. The number of halogens is 1. The number of carbonyl (C=O) groups excluding carboxylic acids is 1. The molecular weight excluding hydrogens is 280 g/mol. The van der Waals surface area contributed by atoms with Crippen molar-refractivity contribution >= 4 is 55.4 Å². The van der Waals surface area contributed by atoms with Crippen molar-refractivity contribution < 1.29 is 4.79 Å². The predicted molar refractivity (Wildman–Crippen MR) is 66.7 cm³/mol. The third kappa shape index (κ3) is 1.51. The van der Waals surface area contributed by atoms with Crippen LogP contribution in [-0.4, -0.2) is 12.5 Å². The summed E-state index contributed by atoms with van der Waals surface area (Å²) in [6.45, 7) is 0. The molecule has 1 aromatic carbocycles. The fraction of sp³-hybridized carbons (Fsp3) is 0.100. The molecule has 1 nitrogen and oxygen atoms in total. The topological polar surface area (TPSA) is 17.1 Å². The smallest absolute Gasteiger partial charge is 0.151 e. The highest BCUT2D eigenvalue weighted by atomic mass is 79.9. The lowest BCUT2D eigenvalue weighted by atomic mass is 10.2. The second kappa shape index (κ2) is 4.04. The number of carbonyl (C=O) groups is 1. The van der Waals surface area contributed by atoms with Crippen molar-refractivity contribution in [1.29, 1.82) is 0 Å². The molecule has 0 saturated heterocycles. The molecule has 72 valence electrons. The summed E-state index contributed by atoms with van der Waals surface area (Å²) in [6, 6.07) is 4.02. The fourth-order valence-corrected chi connectivity index (χ4v) is 3.61. The maximum absolute atomic E-state index is 10.8. The minimum absolute atomic E-state index is 0.726. The maximum atomic E-state index is 10.8. The summed E-state index contributed by atoms with van der Waals surface area (Å²) in [5.41, 5.74) is 0.726. The van der Waals surface area contributed by atoms with Crippen LogP contribution in [-0.2, 0) is 0 Å². The van der Waals surface area contributed by atoms with Crippen LogP contribution in [0.1, 0.15) is 10.4 Å². The molecule has 1 aromatic heterocycles. The normalized spacial score (nSPS) is 10.7. The maximum Gasteiger partial charge on any atom is 0.151 e. The van der Waals surface area contributed by atoms with Crippen molar-refractivity contribution in [2.45, 2.75) is 4.90 Å². The van der Waals surface area contributed by atoms with E-state index in [1.165, 1.54) is 5.39 Å². The predicted octanol–water partition coefficient (Wildman–Crippen LogP) is 4.20. The largest absolute Gasteiger partial charge is 0.298 e. The highest BCUT2D eigenvalue weighted by Crippen LogP contribution is 2.37. The minimum Gasteiger partial charge on any atom is -0.298 e. The van der Waals surface area contributed by atoms with Crippen LogP contribution in [0.2, 0.25) is 0 Å². The fourth-order valence-electron chi connectivity index (χ4n) is 1.34. The molecule has 2 rings (SSSR count). The monoisotopic (exact) mass is 286 g/mol. The van der Waals surface area contributed by atoms with E-state index in [2.05, 4.69) is 22.0 Å². The number of rotatable bonds is 2. The first-order valence-electron chi connectivity index (χ1n) is 3.96. The van der Waals surface area contributed by atoms with Gasteiger partial charge in [-0.05, 0) is 39.7 Å². The number of hydrogen-bond donors (Lipinski definition) is 0. The van der Waals surface area contributed by atoms with Crippen LogP contribution in [0.25, 0.3) is 10.1 Å². The number of fused-ring (bicyclic) bond motifs is 1. The highest BCUT2D eigenvalue weighted by molar-refractivity contribution is 9.10. The number of benzene rings is 1. The van der Waals surface area contributed by atoms with E-state index in [0.717, 1.165) is 25.9 Å². The molecule has 0 N–H and O–H groups in total. The van der Waals surface area contributed by atoms with Gasteiger partial charge in [-0.25, -0.2) is 0 Å². The zero-order valence-electron chi connectivity index (χ0n) is 7.41. The average Bonchev–Trinajstić information content (AvgIpc) is 2.68. The van der Waals surface area contributed by atoms with Crippen LogP contribution in [0, 0.1) is 0 Å². The van der Waals surface area contributed by atoms with Gasteiger partial charge in [-0.2, -0.15) is 0 Å². The van der Waals surface area contributed by atoms with Crippen LogP contribution >= 0.6 is 39.0 Å². The first-order valence-corrected chi connectivity index (χ1v) is 6.86. The molecule has 0 amide bonds. The minimum atomic E-state index is 0.726. The molecule has 0 aliphatic rings. The molecule has 0 radical (unpaired) electrons. The van der Waals surface area contributed by atoms with Crippen LogP contribution in [0.15, 0.2) is 26.9 Å². The lowest BCUT2D eigenvalue weighted by Crippen LogP contribution is -1.84. The van der Waals surface area contributed by atoms with E-state index < -0.39 is 0 Å². The summed E-state index contributed by atoms with van der Waals surface area (Å²) >= 11 is 6.78. The molecule has 0 aliphatic carbocycles. The Hall–Kier alpha value is -0.320. The lowest BCUT2D eigenvalue weighted by molar-refractivity contribution is 0.112. The molecule has 2 aromatic rings. The average molecular weight is 287 g/mol. The molecule has 4 heteroatoms. The van der Waals surface area contributed by atoms with E-state index in [9.17, 15) is 4.79 Å². The zero-order valence-corrected chi connectivity index (χ0v) is 10.6. The van der Waals surface area contributed by atoms with E-state index in [1.54, 1.807) is 23.1 Å². The highest BCUT2D eigenvalue weighted by Gasteiger charge is 2.10.